The first-order valence-electron chi connectivity index (χ1n) is 12.0. The number of pyridine rings is 1. The molecule has 2 aliphatic rings. The van der Waals surface area contributed by atoms with Gasteiger partial charge in [0.1, 0.15) is 4.90 Å². The zero-order valence-electron chi connectivity index (χ0n) is 19.3. The fourth-order valence-corrected chi connectivity index (χ4v) is 7.32. The van der Waals surface area contributed by atoms with E-state index in [-0.39, 0.29) is 6.04 Å². The molecule has 2 aromatic carbocycles. The van der Waals surface area contributed by atoms with Crippen molar-refractivity contribution in [2.75, 3.05) is 26.2 Å². The Morgan fingerprint density at radius 1 is 1.09 bits per heavy atom. The highest BCUT2D eigenvalue weighted by Crippen LogP contribution is 2.33. The van der Waals surface area contributed by atoms with Crippen LogP contribution >= 0.6 is 11.6 Å². The Morgan fingerprint density at radius 2 is 1.97 bits per heavy atom. The number of fused-ring (bicyclic) bond motifs is 2. The molecule has 1 saturated heterocycles. The van der Waals surface area contributed by atoms with Gasteiger partial charge >= 0.3 is 0 Å². The van der Waals surface area contributed by atoms with Crippen LogP contribution in [0.25, 0.3) is 27.2 Å². The van der Waals surface area contributed by atoms with Crippen LogP contribution in [-0.2, 0) is 10.0 Å². The first-order valence-corrected chi connectivity index (χ1v) is 13.9. The maximum absolute atomic E-state index is 13.4. The van der Waals surface area contributed by atoms with Gasteiger partial charge in [0.05, 0.1) is 0 Å². The second kappa shape index (κ2) is 9.06. The molecular formula is C27H27ClN4O2S. The maximum Gasteiger partial charge on any atom is 0.245 e. The summed E-state index contributed by atoms with van der Waals surface area (Å²) in [5.41, 5.74) is 3.66. The number of benzene rings is 2. The van der Waals surface area contributed by atoms with Crippen LogP contribution in [0, 0.1) is 0 Å². The molecule has 1 atom stereocenters. The maximum atomic E-state index is 13.4. The Kier molecular flexibility index (Phi) is 5.89. The van der Waals surface area contributed by atoms with Crippen molar-refractivity contribution in [1.29, 1.82) is 0 Å². The fourth-order valence-electron chi connectivity index (χ4n) is 5.29. The van der Waals surface area contributed by atoms with Crippen LogP contribution in [0.4, 0.5) is 0 Å². The van der Waals surface area contributed by atoms with E-state index in [2.05, 4.69) is 27.1 Å². The Morgan fingerprint density at radius 3 is 2.77 bits per heavy atom. The fraction of sp³-hybridized carbons (Fsp3) is 0.296. The van der Waals surface area contributed by atoms with E-state index < -0.39 is 10.0 Å². The molecule has 0 saturated carbocycles. The van der Waals surface area contributed by atoms with E-state index >= 15 is 0 Å². The quantitative estimate of drug-likeness (QED) is 0.384. The Hall–Kier alpha value is -2.71. The number of rotatable bonds is 6. The molecule has 2 aliphatic heterocycles. The SMILES string of the molecule is O=S(=O)(c1cncc2ccccc12)N1CCC1CCN1CC=C(c2c[nH]c3ccc(Cl)cc23)CC1. The van der Waals surface area contributed by atoms with Crippen molar-refractivity contribution < 1.29 is 8.42 Å². The Bertz CT molecular complexity index is 1540. The third kappa shape index (κ3) is 4.16. The molecule has 0 spiro atoms. The van der Waals surface area contributed by atoms with Crippen LogP contribution in [0.5, 0.6) is 0 Å². The van der Waals surface area contributed by atoms with E-state index in [1.165, 1.54) is 17.3 Å². The molecule has 0 aliphatic carbocycles. The first-order chi connectivity index (χ1) is 17.0. The summed E-state index contributed by atoms with van der Waals surface area (Å²) >= 11 is 6.22. The molecule has 0 amide bonds. The molecule has 180 valence electrons. The highest BCUT2D eigenvalue weighted by Gasteiger charge is 2.39. The third-order valence-corrected chi connectivity index (χ3v) is 9.58. The van der Waals surface area contributed by atoms with Gasteiger partial charge in [0.2, 0.25) is 10.0 Å². The molecule has 4 heterocycles. The van der Waals surface area contributed by atoms with Crippen LogP contribution in [0.1, 0.15) is 24.8 Å². The molecule has 4 aromatic rings. The number of aromatic amines is 1. The molecule has 35 heavy (non-hydrogen) atoms. The number of aromatic nitrogens is 2. The van der Waals surface area contributed by atoms with E-state index in [0.717, 1.165) is 65.6 Å². The zero-order chi connectivity index (χ0) is 24.0. The summed E-state index contributed by atoms with van der Waals surface area (Å²) < 4.78 is 28.6. The summed E-state index contributed by atoms with van der Waals surface area (Å²) in [5, 5.41) is 3.49. The second-order valence-corrected chi connectivity index (χ2v) is 11.7. The molecule has 8 heteroatoms. The molecule has 1 unspecified atom stereocenters. The van der Waals surface area contributed by atoms with Crippen LogP contribution in [0.15, 0.2) is 72.0 Å². The Labute approximate surface area is 210 Å². The number of H-pyrrole nitrogens is 1. The number of sulfonamides is 1. The van der Waals surface area contributed by atoms with Gasteiger partial charge in [0, 0.05) is 83.1 Å². The highest BCUT2D eigenvalue weighted by molar-refractivity contribution is 7.89. The number of nitrogens with zero attached hydrogens (tertiary/aromatic N) is 3. The van der Waals surface area contributed by atoms with Gasteiger partial charge in [-0.15, -0.1) is 0 Å². The average molecular weight is 507 g/mol. The van der Waals surface area contributed by atoms with Gasteiger partial charge in [0.15, 0.2) is 0 Å². The van der Waals surface area contributed by atoms with Gasteiger partial charge in [-0.3, -0.25) is 9.88 Å². The number of hydrogen-bond acceptors (Lipinski definition) is 4. The van der Waals surface area contributed by atoms with E-state index in [1.807, 2.05) is 42.5 Å². The normalized spacial score (nSPS) is 19.7. The molecule has 1 fully saturated rings. The largest absolute Gasteiger partial charge is 0.361 e. The van der Waals surface area contributed by atoms with Crippen LogP contribution < -0.4 is 0 Å². The summed E-state index contributed by atoms with van der Waals surface area (Å²) in [6.07, 6.45) is 10.3. The van der Waals surface area contributed by atoms with E-state index in [0.29, 0.717) is 11.4 Å². The van der Waals surface area contributed by atoms with Gasteiger partial charge in [0.25, 0.3) is 0 Å². The monoisotopic (exact) mass is 506 g/mol. The van der Waals surface area contributed by atoms with Gasteiger partial charge in [-0.25, -0.2) is 8.42 Å². The summed E-state index contributed by atoms with van der Waals surface area (Å²) in [6.45, 7) is 3.29. The van der Waals surface area contributed by atoms with Gasteiger partial charge in [-0.1, -0.05) is 41.9 Å². The average Bonchev–Trinajstić information content (AvgIpc) is 3.26. The van der Waals surface area contributed by atoms with Gasteiger partial charge in [-0.05, 0) is 43.0 Å². The molecule has 2 aromatic heterocycles. The summed E-state index contributed by atoms with van der Waals surface area (Å²) in [5.74, 6) is 0. The lowest BCUT2D eigenvalue weighted by atomic mass is 9.98. The smallest absolute Gasteiger partial charge is 0.245 e. The van der Waals surface area contributed by atoms with Crippen molar-refractivity contribution in [3.05, 3.63) is 77.7 Å². The molecule has 0 bridgehead atoms. The molecule has 0 radical (unpaired) electrons. The van der Waals surface area contributed by atoms with E-state index in [9.17, 15) is 8.42 Å². The Balaban J connectivity index is 1.12. The molecule has 1 N–H and O–H groups in total. The van der Waals surface area contributed by atoms with Crippen molar-refractivity contribution in [2.24, 2.45) is 0 Å². The van der Waals surface area contributed by atoms with Crippen molar-refractivity contribution >= 4 is 48.9 Å². The summed E-state index contributed by atoms with van der Waals surface area (Å²) in [7, 11) is -3.57. The van der Waals surface area contributed by atoms with Crippen molar-refractivity contribution in [2.45, 2.75) is 30.2 Å². The lowest BCUT2D eigenvalue weighted by Gasteiger charge is -2.41. The minimum absolute atomic E-state index is 0.0418. The number of nitrogens with one attached hydrogen (secondary N) is 1. The van der Waals surface area contributed by atoms with E-state index in [4.69, 9.17) is 11.6 Å². The van der Waals surface area contributed by atoms with Crippen molar-refractivity contribution in [1.82, 2.24) is 19.2 Å². The van der Waals surface area contributed by atoms with Crippen molar-refractivity contribution in [3.63, 3.8) is 0 Å². The standard InChI is InChI=1S/C27H27ClN4O2S/c28-21-5-6-26-24(15-21)25(17-30-26)19-7-11-31(12-8-19)13-9-22-10-14-32(22)35(33,34)27-18-29-16-20-3-1-2-4-23(20)27/h1-7,15-18,22,30H,8-14H2. The number of hydrogen-bond donors (Lipinski definition) is 1. The predicted octanol–water partition coefficient (Wildman–Crippen LogP) is 5.31. The lowest BCUT2D eigenvalue weighted by molar-refractivity contribution is 0.164. The second-order valence-electron chi connectivity index (χ2n) is 9.38. The lowest BCUT2D eigenvalue weighted by Crippen LogP contribution is -2.52. The van der Waals surface area contributed by atoms with E-state index in [1.54, 1.807) is 10.5 Å². The minimum atomic E-state index is -3.57. The number of halogens is 1. The summed E-state index contributed by atoms with van der Waals surface area (Å²) in [4.78, 5) is 10.2. The van der Waals surface area contributed by atoms with Gasteiger partial charge in [-0.2, -0.15) is 4.31 Å². The molecule has 6 nitrogen and oxygen atoms in total. The predicted molar refractivity (Wildman–Crippen MR) is 141 cm³/mol. The van der Waals surface area contributed by atoms with Crippen LogP contribution in [0.2, 0.25) is 5.02 Å². The molecular weight excluding hydrogens is 480 g/mol. The topological polar surface area (TPSA) is 69.3 Å². The zero-order valence-corrected chi connectivity index (χ0v) is 20.9. The summed E-state index contributed by atoms with van der Waals surface area (Å²) in [6, 6.07) is 13.5. The third-order valence-electron chi connectivity index (χ3n) is 7.37. The highest BCUT2D eigenvalue weighted by atomic mass is 35.5. The van der Waals surface area contributed by atoms with Crippen molar-refractivity contribution in [3.8, 4) is 0 Å². The van der Waals surface area contributed by atoms with Gasteiger partial charge < -0.3 is 4.98 Å². The van der Waals surface area contributed by atoms with Crippen LogP contribution in [0.3, 0.4) is 0 Å². The molecule has 6 rings (SSSR count). The first kappa shape index (κ1) is 22.7. The minimum Gasteiger partial charge on any atom is -0.361 e. The van der Waals surface area contributed by atoms with Crippen LogP contribution in [-0.4, -0.2) is 59.8 Å².